The van der Waals surface area contributed by atoms with Gasteiger partial charge in [-0.25, -0.2) is 0 Å². The molecule has 0 N–H and O–H groups in total. The lowest BCUT2D eigenvalue weighted by molar-refractivity contribution is -0.0531. The maximum Gasteiger partial charge on any atom is 0.146 e. The largest absolute Gasteiger partial charge is 0.355 e. The van der Waals surface area contributed by atoms with Gasteiger partial charge in [-0.05, 0) is 32.1 Å². The summed E-state index contributed by atoms with van der Waals surface area (Å²) in [6.07, 6.45) is 22.8. The van der Waals surface area contributed by atoms with Gasteiger partial charge in [0.2, 0.25) is 0 Å². The van der Waals surface area contributed by atoms with Gasteiger partial charge in [0.15, 0.2) is 0 Å². The Balaban J connectivity index is 3.03. The fourth-order valence-corrected chi connectivity index (χ4v) is 3.01. The second kappa shape index (κ2) is 23.1. The van der Waals surface area contributed by atoms with Gasteiger partial charge in [-0.1, -0.05) is 92.8 Å². The average molecular weight is 405 g/mol. The van der Waals surface area contributed by atoms with E-state index in [1.165, 1.54) is 83.5 Å². The number of alkyl halides is 1. The minimum Gasteiger partial charge on any atom is -0.355 e. The third kappa shape index (κ3) is 22.1. The molecule has 0 aromatic rings. The SMILES string of the molecule is CCCCCCCCOCOCCC=CCCCCCCCCBr. The van der Waals surface area contributed by atoms with E-state index >= 15 is 0 Å². The molecule has 0 atom stereocenters. The third-order valence-electron chi connectivity index (χ3n) is 4.16. The Morgan fingerprint density at radius 1 is 0.625 bits per heavy atom. The smallest absolute Gasteiger partial charge is 0.146 e. The van der Waals surface area contributed by atoms with Crippen molar-refractivity contribution in [1.29, 1.82) is 0 Å². The van der Waals surface area contributed by atoms with Crippen molar-refractivity contribution in [3.05, 3.63) is 12.2 Å². The van der Waals surface area contributed by atoms with Crippen molar-refractivity contribution >= 4 is 15.9 Å². The van der Waals surface area contributed by atoms with E-state index in [9.17, 15) is 0 Å². The van der Waals surface area contributed by atoms with Crippen LogP contribution in [0.5, 0.6) is 0 Å². The van der Waals surface area contributed by atoms with Crippen LogP contribution in [0.2, 0.25) is 0 Å². The molecular formula is C21H41BrO2. The molecule has 24 heavy (non-hydrogen) atoms. The Kier molecular flexibility index (Phi) is 23.3. The topological polar surface area (TPSA) is 18.5 Å². The highest BCUT2D eigenvalue weighted by molar-refractivity contribution is 9.09. The fraction of sp³-hybridized carbons (Fsp3) is 0.905. The Hall–Kier alpha value is 0.140. The van der Waals surface area contributed by atoms with E-state index in [1.807, 2.05) is 0 Å². The summed E-state index contributed by atoms with van der Waals surface area (Å²) in [5.74, 6) is 0. The molecule has 0 aliphatic carbocycles. The minimum absolute atomic E-state index is 0.456. The van der Waals surface area contributed by atoms with Crippen molar-refractivity contribution < 1.29 is 9.47 Å². The summed E-state index contributed by atoms with van der Waals surface area (Å²) in [5.41, 5.74) is 0. The number of rotatable bonds is 20. The Labute approximate surface area is 159 Å². The molecule has 0 amide bonds. The van der Waals surface area contributed by atoms with Crippen LogP contribution in [-0.2, 0) is 9.47 Å². The molecule has 0 unspecified atom stereocenters. The molecule has 0 saturated heterocycles. The van der Waals surface area contributed by atoms with Crippen LogP contribution in [0.4, 0.5) is 0 Å². The van der Waals surface area contributed by atoms with E-state index in [0.29, 0.717) is 6.79 Å². The quantitative estimate of drug-likeness (QED) is 0.0909. The van der Waals surface area contributed by atoms with Gasteiger partial charge in [0, 0.05) is 11.9 Å². The van der Waals surface area contributed by atoms with Crippen molar-refractivity contribution in [2.45, 2.75) is 96.8 Å². The maximum atomic E-state index is 5.49. The number of ether oxygens (including phenoxy) is 2. The fourth-order valence-electron chi connectivity index (χ4n) is 2.61. The summed E-state index contributed by atoms with van der Waals surface area (Å²) in [4.78, 5) is 0. The molecule has 3 heteroatoms. The van der Waals surface area contributed by atoms with Gasteiger partial charge >= 0.3 is 0 Å². The number of unbranched alkanes of at least 4 members (excludes halogenated alkanes) is 11. The zero-order chi connectivity index (χ0) is 17.6. The first-order chi connectivity index (χ1) is 11.9. The van der Waals surface area contributed by atoms with Crippen LogP contribution in [0.3, 0.4) is 0 Å². The van der Waals surface area contributed by atoms with E-state index in [-0.39, 0.29) is 0 Å². The highest BCUT2D eigenvalue weighted by Crippen LogP contribution is 2.08. The lowest BCUT2D eigenvalue weighted by Crippen LogP contribution is -2.02. The van der Waals surface area contributed by atoms with Gasteiger partial charge in [0.1, 0.15) is 6.79 Å². The predicted molar refractivity (Wildman–Crippen MR) is 110 cm³/mol. The molecule has 0 spiro atoms. The van der Waals surface area contributed by atoms with Crippen molar-refractivity contribution in [1.82, 2.24) is 0 Å². The molecule has 144 valence electrons. The van der Waals surface area contributed by atoms with Gasteiger partial charge < -0.3 is 9.47 Å². The van der Waals surface area contributed by atoms with Crippen LogP contribution in [0.15, 0.2) is 12.2 Å². The molecule has 0 bridgehead atoms. The Bertz CT molecular complexity index is 244. The molecule has 0 aliphatic heterocycles. The van der Waals surface area contributed by atoms with Crippen LogP contribution >= 0.6 is 15.9 Å². The maximum absolute atomic E-state index is 5.49. The monoisotopic (exact) mass is 404 g/mol. The molecule has 0 fully saturated rings. The molecular weight excluding hydrogens is 364 g/mol. The number of allylic oxidation sites excluding steroid dienone is 1. The first-order valence-electron chi connectivity index (χ1n) is 10.3. The molecule has 0 heterocycles. The van der Waals surface area contributed by atoms with Crippen LogP contribution in [0, 0.1) is 0 Å². The van der Waals surface area contributed by atoms with Gasteiger partial charge in [0.25, 0.3) is 0 Å². The minimum atomic E-state index is 0.456. The first-order valence-corrected chi connectivity index (χ1v) is 11.4. The second-order valence-corrected chi connectivity index (χ2v) is 7.35. The summed E-state index contributed by atoms with van der Waals surface area (Å²) >= 11 is 3.48. The summed E-state index contributed by atoms with van der Waals surface area (Å²) in [6.45, 7) is 4.33. The lowest BCUT2D eigenvalue weighted by Gasteiger charge is -2.04. The van der Waals surface area contributed by atoms with Crippen LogP contribution in [0.25, 0.3) is 0 Å². The van der Waals surface area contributed by atoms with Crippen molar-refractivity contribution in [3.8, 4) is 0 Å². The zero-order valence-electron chi connectivity index (χ0n) is 16.1. The van der Waals surface area contributed by atoms with E-state index in [1.54, 1.807) is 0 Å². The number of hydrogen-bond acceptors (Lipinski definition) is 2. The zero-order valence-corrected chi connectivity index (χ0v) is 17.7. The van der Waals surface area contributed by atoms with Gasteiger partial charge in [0.05, 0.1) is 6.61 Å². The van der Waals surface area contributed by atoms with Gasteiger partial charge in [-0.3, -0.25) is 0 Å². The summed E-state index contributed by atoms with van der Waals surface area (Å²) in [7, 11) is 0. The van der Waals surface area contributed by atoms with Crippen LogP contribution in [-0.4, -0.2) is 25.3 Å². The summed E-state index contributed by atoms with van der Waals surface area (Å²) in [5, 5.41) is 1.15. The Morgan fingerprint density at radius 3 is 1.96 bits per heavy atom. The van der Waals surface area contributed by atoms with E-state index < -0.39 is 0 Å². The number of hydrogen-bond donors (Lipinski definition) is 0. The summed E-state index contributed by atoms with van der Waals surface area (Å²) < 4.78 is 11.0. The van der Waals surface area contributed by atoms with E-state index in [2.05, 4.69) is 35.0 Å². The molecule has 2 nitrogen and oxygen atoms in total. The van der Waals surface area contributed by atoms with Crippen molar-refractivity contribution in [3.63, 3.8) is 0 Å². The highest BCUT2D eigenvalue weighted by atomic mass is 79.9. The summed E-state index contributed by atoms with van der Waals surface area (Å²) in [6, 6.07) is 0. The van der Waals surface area contributed by atoms with Crippen LogP contribution < -0.4 is 0 Å². The highest BCUT2D eigenvalue weighted by Gasteiger charge is 1.92. The average Bonchev–Trinajstić information content (AvgIpc) is 2.60. The lowest BCUT2D eigenvalue weighted by atomic mass is 10.1. The molecule has 0 saturated carbocycles. The van der Waals surface area contributed by atoms with Gasteiger partial charge in [-0.2, -0.15) is 0 Å². The predicted octanol–water partition coefficient (Wildman–Crippen LogP) is 7.41. The standard InChI is InChI=1S/C21H41BrO2/c1-2-3-4-5-13-16-19-23-21-24-20-17-14-11-9-7-6-8-10-12-15-18-22/h11,14H,2-10,12-13,15-21H2,1H3. The molecule has 0 rings (SSSR count). The van der Waals surface area contributed by atoms with E-state index in [4.69, 9.17) is 9.47 Å². The van der Waals surface area contributed by atoms with Crippen molar-refractivity contribution in [2.24, 2.45) is 0 Å². The third-order valence-corrected chi connectivity index (χ3v) is 4.72. The van der Waals surface area contributed by atoms with Gasteiger partial charge in [-0.15, -0.1) is 0 Å². The molecule has 0 aromatic carbocycles. The van der Waals surface area contributed by atoms with E-state index in [0.717, 1.165) is 25.0 Å². The number of halogens is 1. The van der Waals surface area contributed by atoms with Crippen molar-refractivity contribution in [2.75, 3.05) is 25.3 Å². The molecule has 0 aliphatic rings. The molecule has 0 aromatic heterocycles. The van der Waals surface area contributed by atoms with Crippen LogP contribution in [0.1, 0.15) is 96.8 Å². The second-order valence-electron chi connectivity index (χ2n) is 6.56. The molecule has 0 radical (unpaired) electrons. The first kappa shape index (κ1) is 24.1. The Morgan fingerprint density at radius 2 is 1.21 bits per heavy atom. The normalized spacial score (nSPS) is 11.6.